The number of rotatable bonds is 4. The largest absolute Gasteiger partial charge is 0.480 e. The summed E-state index contributed by atoms with van der Waals surface area (Å²) in [6.07, 6.45) is 1.31. The number of hydrogen-bond acceptors (Lipinski definition) is 2. The summed E-state index contributed by atoms with van der Waals surface area (Å²) in [6, 6.07) is 3.43. The molecule has 0 unspecified atom stereocenters. The van der Waals surface area contributed by atoms with Gasteiger partial charge in [-0.05, 0) is 25.0 Å². The minimum atomic E-state index is -1.27. The average molecular weight is 269 g/mol. The first kappa shape index (κ1) is 13.5. The van der Waals surface area contributed by atoms with Crippen LogP contribution in [0.15, 0.2) is 18.2 Å². The molecule has 0 saturated heterocycles. The van der Waals surface area contributed by atoms with Crippen LogP contribution in [0.1, 0.15) is 24.8 Å². The Kier molecular flexibility index (Phi) is 3.50. The van der Waals surface area contributed by atoms with Crippen molar-refractivity contribution in [2.45, 2.75) is 24.7 Å². The number of amides is 1. The molecule has 0 aromatic heterocycles. The maximum atomic E-state index is 13.8. The molecule has 1 aromatic carbocycles. The number of benzene rings is 1. The Labute approximate surface area is 108 Å². The molecule has 19 heavy (non-hydrogen) atoms. The molecule has 0 radical (unpaired) electrons. The third-order valence-electron chi connectivity index (χ3n) is 3.48. The lowest BCUT2D eigenvalue weighted by Crippen LogP contribution is -2.51. The Balaban J connectivity index is 2.32. The van der Waals surface area contributed by atoms with Crippen LogP contribution in [0.3, 0.4) is 0 Å². The highest BCUT2D eigenvalue weighted by Crippen LogP contribution is 2.45. The Bertz CT molecular complexity index is 506. The van der Waals surface area contributed by atoms with Gasteiger partial charge in [-0.3, -0.25) is 9.59 Å². The van der Waals surface area contributed by atoms with Gasteiger partial charge in [0.25, 0.3) is 0 Å². The van der Waals surface area contributed by atoms with E-state index in [0.29, 0.717) is 19.3 Å². The lowest BCUT2D eigenvalue weighted by Gasteiger charge is -2.40. The van der Waals surface area contributed by atoms with Crippen molar-refractivity contribution in [2.24, 2.45) is 0 Å². The van der Waals surface area contributed by atoms with Crippen LogP contribution in [-0.4, -0.2) is 23.5 Å². The Morgan fingerprint density at radius 1 is 1.26 bits per heavy atom. The lowest BCUT2D eigenvalue weighted by molar-refractivity contribution is -0.139. The quantitative estimate of drug-likeness (QED) is 0.872. The summed E-state index contributed by atoms with van der Waals surface area (Å²) < 4.78 is 27.6. The molecule has 4 nitrogen and oxygen atoms in total. The second-order valence-corrected chi connectivity index (χ2v) is 4.61. The number of carbonyl (C=O) groups excluding carboxylic acids is 1. The normalized spacial score (nSPS) is 16.5. The predicted molar refractivity (Wildman–Crippen MR) is 62.5 cm³/mol. The first-order valence-electron chi connectivity index (χ1n) is 5.92. The Morgan fingerprint density at radius 3 is 2.26 bits per heavy atom. The van der Waals surface area contributed by atoms with Crippen LogP contribution in [0.2, 0.25) is 0 Å². The zero-order valence-electron chi connectivity index (χ0n) is 10.1. The SMILES string of the molecule is O=C(O)CNC(=O)C1(c2c(F)cccc2F)CCC1. The molecule has 0 bridgehead atoms. The molecule has 2 N–H and O–H groups in total. The van der Waals surface area contributed by atoms with Crippen molar-refractivity contribution in [3.63, 3.8) is 0 Å². The molecule has 0 spiro atoms. The number of carboxylic acid groups (broad SMARTS) is 1. The first-order valence-corrected chi connectivity index (χ1v) is 5.92. The van der Waals surface area contributed by atoms with E-state index in [1.807, 2.05) is 0 Å². The maximum absolute atomic E-state index is 13.8. The van der Waals surface area contributed by atoms with Crippen LogP contribution in [0.25, 0.3) is 0 Å². The van der Waals surface area contributed by atoms with Gasteiger partial charge in [-0.25, -0.2) is 8.78 Å². The summed E-state index contributed by atoms with van der Waals surface area (Å²) in [6.45, 7) is -0.559. The first-order chi connectivity index (χ1) is 8.97. The topological polar surface area (TPSA) is 66.4 Å². The van der Waals surface area contributed by atoms with Crippen molar-refractivity contribution >= 4 is 11.9 Å². The van der Waals surface area contributed by atoms with Crippen molar-refractivity contribution in [3.05, 3.63) is 35.4 Å². The molecule has 0 heterocycles. The lowest BCUT2D eigenvalue weighted by atomic mass is 9.63. The van der Waals surface area contributed by atoms with Crippen molar-refractivity contribution in [1.82, 2.24) is 5.32 Å². The number of aliphatic carboxylic acids is 1. The van der Waals surface area contributed by atoms with Gasteiger partial charge in [0.1, 0.15) is 18.2 Å². The number of carboxylic acids is 1. The maximum Gasteiger partial charge on any atom is 0.322 e. The molecule has 102 valence electrons. The number of halogens is 2. The fourth-order valence-corrected chi connectivity index (χ4v) is 2.40. The molecule has 1 aliphatic rings. The predicted octanol–water partition coefficient (Wildman–Crippen LogP) is 1.59. The minimum absolute atomic E-state index is 0.260. The smallest absolute Gasteiger partial charge is 0.322 e. The van der Waals surface area contributed by atoms with Gasteiger partial charge in [0.2, 0.25) is 5.91 Å². The summed E-state index contributed by atoms with van der Waals surface area (Å²) in [5, 5.41) is 10.7. The van der Waals surface area contributed by atoms with Crippen molar-refractivity contribution in [1.29, 1.82) is 0 Å². The molecule has 1 aliphatic carbocycles. The van der Waals surface area contributed by atoms with E-state index >= 15 is 0 Å². The highest BCUT2D eigenvalue weighted by molar-refractivity contribution is 5.91. The molecule has 6 heteroatoms. The van der Waals surface area contributed by atoms with Crippen molar-refractivity contribution < 1.29 is 23.5 Å². The zero-order chi connectivity index (χ0) is 14.0. The van der Waals surface area contributed by atoms with Gasteiger partial charge in [0.05, 0.1) is 5.41 Å². The number of carbonyl (C=O) groups is 2. The Hall–Kier alpha value is -1.98. The highest BCUT2D eigenvalue weighted by atomic mass is 19.1. The van der Waals surface area contributed by atoms with Gasteiger partial charge in [-0.1, -0.05) is 12.5 Å². The van der Waals surface area contributed by atoms with E-state index in [0.717, 1.165) is 12.1 Å². The van der Waals surface area contributed by atoms with E-state index in [2.05, 4.69) is 5.32 Å². The molecule has 1 saturated carbocycles. The van der Waals surface area contributed by atoms with Crippen molar-refractivity contribution in [3.8, 4) is 0 Å². The van der Waals surface area contributed by atoms with E-state index in [1.165, 1.54) is 6.07 Å². The van der Waals surface area contributed by atoms with E-state index in [9.17, 15) is 18.4 Å². The monoisotopic (exact) mass is 269 g/mol. The average Bonchev–Trinajstić information content (AvgIpc) is 2.28. The number of nitrogens with one attached hydrogen (secondary N) is 1. The van der Waals surface area contributed by atoms with Crippen LogP contribution < -0.4 is 5.32 Å². The summed E-state index contributed by atoms with van der Waals surface area (Å²) in [7, 11) is 0. The standard InChI is InChI=1S/C13H13F2NO3/c14-8-3-1-4-9(15)11(8)13(5-2-6-13)12(19)16-7-10(17)18/h1,3-4H,2,5-7H2,(H,16,19)(H,17,18). The molecule has 1 amide bonds. The minimum Gasteiger partial charge on any atom is -0.480 e. The molecule has 0 aliphatic heterocycles. The van der Waals surface area contributed by atoms with Gasteiger partial charge in [-0.15, -0.1) is 0 Å². The van der Waals surface area contributed by atoms with Crippen LogP contribution in [0, 0.1) is 11.6 Å². The summed E-state index contributed by atoms with van der Waals surface area (Å²) in [5.74, 6) is -3.38. The van der Waals surface area contributed by atoms with Crippen molar-refractivity contribution in [2.75, 3.05) is 6.54 Å². The second kappa shape index (κ2) is 4.95. The van der Waals surface area contributed by atoms with Gasteiger partial charge in [0.15, 0.2) is 0 Å². The van der Waals surface area contributed by atoms with E-state index in [1.54, 1.807) is 0 Å². The molecule has 2 rings (SSSR count). The second-order valence-electron chi connectivity index (χ2n) is 4.61. The fourth-order valence-electron chi connectivity index (χ4n) is 2.40. The van der Waals surface area contributed by atoms with Gasteiger partial charge < -0.3 is 10.4 Å². The van der Waals surface area contributed by atoms with Crippen LogP contribution in [0.5, 0.6) is 0 Å². The molecule has 1 aromatic rings. The molecular formula is C13H13F2NO3. The molecular weight excluding hydrogens is 256 g/mol. The third-order valence-corrected chi connectivity index (χ3v) is 3.48. The Morgan fingerprint density at radius 2 is 1.84 bits per heavy atom. The van der Waals surface area contributed by atoms with Crippen LogP contribution in [-0.2, 0) is 15.0 Å². The summed E-state index contributed by atoms with van der Waals surface area (Å²) >= 11 is 0. The van der Waals surface area contributed by atoms with E-state index in [-0.39, 0.29) is 5.56 Å². The van der Waals surface area contributed by atoms with Gasteiger partial charge >= 0.3 is 5.97 Å². The number of hydrogen-bond donors (Lipinski definition) is 2. The highest BCUT2D eigenvalue weighted by Gasteiger charge is 2.48. The van der Waals surface area contributed by atoms with Gasteiger partial charge in [0, 0.05) is 5.56 Å². The fraction of sp³-hybridized carbons (Fsp3) is 0.385. The molecule has 0 atom stereocenters. The van der Waals surface area contributed by atoms with E-state index < -0.39 is 35.5 Å². The summed E-state index contributed by atoms with van der Waals surface area (Å²) in [4.78, 5) is 22.5. The van der Waals surface area contributed by atoms with Crippen LogP contribution in [0.4, 0.5) is 8.78 Å². The van der Waals surface area contributed by atoms with E-state index in [4.69, 9.17) is 5.11 Å². The van der Waals surface area contributed by atoms with Gasteiger partial charge in [-0.2, -0.15) is 0 Å². The summed E-state index contributed by atoms with van der Waals surface area (Å²) in [5.41, 5.74) is -1.53. The van der Waals surface area contributed by atoms with Crippen LogP contribution >= 0.6 is 0 Å². The zero-order valence-corrected chi connectivity index (χ0v) is 10.1. The third kappa shape index (κ3) is 2.30. The molecule has 1 fully saturated rings.